The summed E-state index contributed by atoms with van der Waals surface area (Å²) in [6.45, 7) is 6.95. The fourth-order valence-corrected chi connectivity index (χ4v) is 4.10. The number of fused-ring (bicyclic) bond motifs is 1. The maximum atomic E-state index is 11.6. The minimum Gasteiger partial charge on any atom is -0.494 e. The third kappa shape index (κ3) is 6.15. The molecule has 0 spiro atoms. The summed E-state index contributed by atoms with van der Waals surface area (Å²) in [5, 5.41) is 9.83. The predicted octanol–water partition coefficient (Wildman–Crippen LogP) is 4.69. The quantitative estimate of drug-likeness (QED) is 0.321. The number of aryl methyl sites for hydroxylation is 1. The van der Waals surface area contributed by atoms with Crippen LogP contribution in [0.1, 0.15) is 57.9 Å². The van der Waals surface area contributed by atoms with Crippen molar-refractivity contribution in [1.82, 2.24) is 25.3 Å². The van der Waals surface area contributed by atoms with E-state index in [9.17, 15) is 4.79 Å². The number of carbonyl (C=O) groups is 1. The van der Waals surface area contributed by atoms with Crippen molar-refractivity contribution in [2.45, 2.75) is 65.3 Å². The molecule has 2 aromatic heterocycles. The summed E-state index contributed by atoms with van der Waals surface area (Å²) in [6, 6.07) is 6.32. The largest absolute Gasteiger partial charge is 0.494 e. The first-order valence-electron chi connectivity index (χ1n) is 12.3. The van der Waals surface area contributed by atoms with Gasteiger partial charge in [-0.2, -0.15) is 9.97 Å². The number of amides is 1. The van der Waals surface area contributed by atoms with E-state index in [0.717, 1.165) is 47.6 Å². The Morgan fingerprint density at radius 2 is 2.03 bits per heavy atom. The smallest absolute Gasteiger partial charge is 0.231 e. The predicted molar refractivity (Wildman–Crippen MR) is 135 cm³/mol. The average molecular weight is 466 g/mol. The zero-order valence-corrected chi connectivity index (χ0v) is 20.3. The zero-order valence-electron chi connectivity index (χ0n) is 20.3. The third-order valence-electron chi connectivity index (χ3n) is 6.08. The second kappa shape index (κ2) is 11.2. The Balaban J connectivity index is 1.37. The molecular formula is C25H35N7O2. The van der Waals surface area contributed by atoms with E-state index >= 15 is 0 Å². The number of H-pyrrole nitrogens is 1. The van der Waals surface area contributed by atoms with Gasteiger partial charge >= 0.3 is 0 Å². The van der Waals surface area contributed by atoms with Gasteiger partial charge in [-0.15, -0.1) is 0 Å². The zero-order chi connectivity index (χ0) is 23.9. The lowest BCUT2D eigenvalue weighted by molar-refractivity contribution is -0.123. The van der Waals surface area contributed by atoms with Crippen LogP contribution in [-0.4, -0.2) is 45.0 Å². The number of imidazole rings is 1. The minimum atomic E-state index is 0.000640. The lowest BCUT2D eigenvalue weighted by Crippen LogP contribution is -2.29. The third-order valence-corrected chi connectivity index (χ3v) is 6.08. The Morgan fingerprint density at radius 1 is 1.21 bits per heavy atom. The number of rotatable bonds is 10. The van der Waals surface area contributed by atoms with Crippen LogP contribution < -0.4 is 20.7 Å². The van der Waals surface area contributed by atoms with Crippen molar-refractivity contribution in [2.75, 3.05) is 23.8 Å². The molecule has 9 nitrogen and oxygen atoms in total. The van der Waals surface area contributed by atoms with Crippen LogP contribution in [0.5, 0.6) is 5.75 Å². The second-order valence-corrected chi connectivity index (χ2v) is 9.22. The van der Waals surface area contributed by atoms with E-state index in [2.05, 4.69) is 30.9 Å². The summed E-state index contributed by atoms with van der Waals surface area (Å²) in [5.74, 6) is 2.15. The molecule has 3 aromatic rings. The topological polar surface area (TPSA) is 117 Å². The van der Waals surface area contributed by atoms with Gasteiger partial charge in [-0.05, 0) is 49.9 Å². The molecule has 34 heavy (non-hydrogen) atoms. The fraction of sp³-hybridized carbons (Fsp3) is 0.520. The Hall–Kier alpha value is -3.36. The number of nitrogens with zero attached hydrogens (tertiary/aromatic N) is 3. The molecule has 0 atom stereocenters. The van der Waals surface area contributed by atoms with Crippen LogP contribution in [0, 0.1) is 12.8 Å². The van der Waals surface area contributed by atoms with Crippen molar-refractivity contribution in [1.29, 1.82) is 0 Å². The molecule has 1 fully saturated rings. The van der Waals surface area contributed by atoms with E-state index in [-0.39, 0.29) is 11.8 Å². The summed E-state index contributed by atoms with van der Waals surface area (Å²) in [4.78, 5) is 28.5. The molecule has 1 aliphatic rings. The summed E-state index contributed by atoms with van der Waals surface area (Å²) in [7, 11) is 0. The van der Waals surface area contributed by atoms with Gasteiger partial charge < -0.3 is 25.7 Å². The van der Waals surface area contributed by atoms with Crippen molar-refractivity contribution in [3.8, 4) is 5.75 Å². The molecule has 0 unspecified atom stereocenters. The van der Waals surface area contributed by atoms with Gasteiger partial charge in [0.1, 0.15) is 11.3 Å². The molecule has 0 bridgehead atoms. The molecule has 4 N–H and O–H groups in total. The molecule has 1 aromatic carbocycles. The molecule has 0 saturated heterocycles. The molecular weight excluding hydrogens is 430 g/mol. The van der Waals surface area contributed by atoms with Crippen molar-refractivity contribution < 1.29 is 9.53 Å². The highest BCUT2D eigenvalue weighted by Crippen LogP contribution is 2.28. The number of hydrogen-bond donors (Lipinski definition) is 4. The van der Waals surface area contributed by atoms with Crippen LogP contribution in [0.25, 0.3) is 11.2 Å². The van der Waals surface area contributed by atoms with Crippen molar-refractivity contribution in [3.05, 3.63) is 30.1 Å². The highest BCUT2D eigenvalue weighted by atomic mass is 16.5. The van der Waals surface area contributed by atoms with Crippen LogP contribution in [0.15, 0.2) is 24.5 Å². The standard InChI is InChI=1S/C25H35N7O2/c1-16(2)24(33)26-12-7-13-34-19-10-11-20(17(3)14-19)30-25-31-22-21(27-15-28-22)23(32-25)29-18-8-5-4-6-9-18/h10-11,14-16,18H,4-9,12-13H2,1-3H3,(H,26,33)(H3,27,28,29,30,31,32). The second-order valence-electron chi connectivity index (χ2n) is 9.22. The normalized spacial score (nSPS) is 14.4. The average Bonchev–Trinajstić information content (AvgIpc) is 3.30. The maximum Gasteiger partial charge on any atom is 0.231 e. The number of aromatic nitrogens is 4. The van der Waals surface area contributed by atoms with Crippen LogP contribution >= 0.6 is 0 Å². The van der Waals surface area contributed by atoms with Crippen molar-refractivity contribution in [2.24, 2.45) is 5.92 Å². The van der Waals surface area contributed by atoms with E-state index < -0.39 is 0 Å². The summed E-state index contributed by atoms with van der Waals surface area (Å²) >= 11 is 0. The van der Waals surface area contributed by atoms with Crippen LogP contribution in [0.4, 0.5) is 17.5 Å². The summed E-state index contributed by atoms with van der Waals surface area (Å²) in [6.07, 6.45) is 8.52. The molecule has 1 saturated carbocycles. The van der Waals surface area contributed by atoms with Gasteiger partial charge in [-0.3, -0.25) is 4.79 Å². The molecule has 2 heterocycles. The fourth-order valence-electron chi connectivity index (χ4n) is 4.10. The summed E-state index contributed by atoms with van der Waals surface area (Å²) in [5.41, 5.74) is 3.42. The van der Waals surface area contributed by atoms with E-state index in [1.807, 2.05) is 39.0 Å². The van der Waals surface area contributed by atoms with E-state index in [1.165, 1.54) is 19.3 Å². The Bertz CT molecular complexity index is 1110. The first kappa shape index (κ1) is 23.8. The number of carbonyl (C=O) groups excluding carboxylic acids is 1. The van der Waals surface area contributed by atoms with Gasteiger partial charge in [0.15, 0.2) is 11.5 Å². The van der Waals surface area contributed by atoms with Crippen LogP contribution in [-0.2, 0) is 4.79 Å². The SMILES string of the molecule is Cc1cc(OCCCNC(=O)C(C)C)ccc1Nc1nc(NC2CCCCC2)c2nc[nH]c2n1. The van der Waals surface area contributed by atoms with Gasteiger partial charge in [0, 0.05) is 24.2 Å². The van der Waals surface area contributed by atoms with Gasteiger partial charge in [0.25, 0.3) is 0 Å². The Labute approximate surface area is 200 Å². The molecule has 4 rings (SSSR count). The van der Waals surface area contributed by atoms with Gasteiger partial charge in [-0.1, -0.05) is 33.1 Å². The molecule has 0 aliphatic heterocycles. The number of anilines is 3. The van der Waals surface area contributed by atoms with Gasteiger partial charge in [-0.25, -0.2) is 4.98 Å². The van der Waals surface area contributed by atoms with Crippen molar-refractivity contribution >= 4 is 34.5 Å². The highest BCUT2D eigenvalue weighted by molar-refractivity contribution is 5.84. The molecule has 1 amide bonds. The number of nitrogens with one attached hydrogen (secondary N) is 4. The molecule has 182 valence electrons. The summed E-state index contributed by atoms with van der Waals surface area (Å²) < 4.78 is 5.85. The van der Waals surface area contributed by atoms with E-state index in [1.54, 1.807) is 6.33 Å². The van der Waals surface area contributed by atoms with Crippen molar-refractivity contribution in [3.63, 3.8) is 0 Å². The Kier molecular flexibility index (Phi) is 7.82. The lowest BCUT2D eigenvalue weighted by Gasteiger charge is -2.23. The maximum absolute atomic E-state index is 11.6. The lowest BCUT2D eigenvalue weighted by atomic mass is 9.95. The number of hydrogen-bond acceptors (Lipinski definition) is 7. The van der Waals surface area contributed by atoms with Crippen LogP contribution in [0.3, 0.4) is 0 Å². The van der Waals surface area contributed by atoms with Gasteiger partial charge in [0.2, 0.25) is 11.9 Å². The molecule has 9 heteroatoms. The first-order valence-corrected chi connectivity index (χ1v) is 12.3. The number of benzene rings is 1. The minimum absolute atomic E-state index is 0.000640. The number of aromatic amines is 1. The van der Waals surface area contributed by atoms with E-state index in [4.69, 9.17) is 9.72 Å². The first-order chi connectivity index (χ1) is 16.5. The van der Waals surface area contributed by atoms with Gasteiger partial charge in [0.05, 0.1) is 12.9 Å². The van der Waals surface area contributed by atoms with Crippen LogP contribution in [0.2, 0.25) is 0 Å². The highest BCUT2D eigenvalue weighted by Gasteiger charge is 2.17. The monoisotopic (exact) mass is 465 g/mol. The van der Waals surface area contributed by atoms with E-state index in [0.29, 0.717) is 30.8 Å². The molecule has 1 aliphatic carbocycles. The molecule has 0 radical (unpaired) electrons. The number of ether oxygens (including phenoxy) is 1. The Morgan fingerprint density at radius 3 is 2.79 bits per heavy atom.